The van der Waals surface area contributed by atoms with Gasteiger partial charge in [-0.3, -0.25) is 9.59 Å². The summed E-state index contributed by atoms with van der Waals surface area (Å²) >= 11 is 5.92. The number of Topliss-reactive ketones (excluding diaryl/α,β-unsaturated/α-hetero) is 1. The molecule has 1 amide bonds. The van der Waals surface area contributed by atoms with Gasteiger partial charge in [0.05, 0.1) is 6.54 Å². The van der Waals surface area contributed by atoms with Gasteiger partial charge >= 0.3 is 0 Å². The lowest BCUT2D eigenvalue weighted by Crippen LogP contribution is -2.22. The number of anilines is 2. The van der Waals surface area contributed by atoms with Gasteiger partial charge < -0.3 is 10.6 Å². The number of amides is 1. The Bertz CT molecular complexity index is 714. The van der Waals surface area contributed by atoms with Crippen molar-refractivity contribution in [2.75, 3.05) is 17.2 Å². The summed E-state index contributed by atoms with van der Waals surface area (Å²) in [5, 5.41) is 6.37. The van der Waals surface area contributed by atoms with Gasteiger partial charge in [0.25, 0.3) is 0 Å². The summed E-state index contributed by atoms with van der Waals surface area (Å²) in [7, 11) is 0. The fourth-order valence-electron chi connectivity index (χ4n) is 1.95. The maximum atomic E-state index is 12.0. The molecule has 0 saturated carbocycles. The summed E-state index contributed by atoms with van der Waals surface area (Å²) < 4.78 is 0. The van der Waals surface area contributed by atoms with Crippen LogP contribution < -0.4 is 10.6 Å². The van der Waals surface area contributed by atoms with Crippen molar-refractivity contribution in [1.82, 2.24) is 0 Å². The molecule has 0 aliphatic heterocycles. The summed E-state index contributed by atoms with van der Waals surface area (Å²) in [4.78, 5) is 23.3. The zero-order chi connectivity index (χ0) is 16.1. The lowest BCUT2D eigenvalue weighted by molar-refractivity contribution is -0.114. The van der Waals surface area contributed by atoms with Crippen LogP contribution in [0.4, 0.5) is 11.4 Å². The second-order valence-corrected chi connectivity index (χ2v) is 5.43. The van der Waals surface area contributed by atoms with Crippen molar-refractivity contribution >= 4 is 34.7 Å². The molecule has 5 heteroatoms. The fourth-order valence-corrected chi connectivity index (χ4v) is 2.13. The predicted molar refractivity (Wildman–Crippen MR) is 89.8 cm³/mol. The Morgan fingerprint density at radius 1 is 1.14 bits per heavy atom. The third-order valence-electron chi connectivity index (χ3n) is 3.20. The molecule has 2 N–H and O–H groups in total. The predicted octanol–water partition coefficient (Wildman–Crippen LogP) is 3.90. The highest BCUT2D eigenvalue weighted by atomic mass is 35.5. The van der Waals surface area contributed by atoms with Gasteiger partial charge in [-0.1, -0.05) is 29.8 Å². The van der Waals surface area contributed by atoms with Crippen LogP contribution in [-0.4, -0.2) is 18.2 Å². The third kappa shape index (κ3) is 4.33. The third-order valence-corrected chi connectivity index (χ3v) is 3.43. The molecule has 0 atom stereocenters. The van der Waals surface area contributed by atoms with Gasteiger partial charge in [0.15, 0.2) is 5.78 Å². The van der Waals surface area contributed by atoms with E-state index >= 15 is 0 Å². The number of hydrogen-bond acceptors (Lipinski definition) is 3. The number of benzene rings is 2. The number of ketones is 1. The highest BCUT2D eigenvalue weighted by Crippen LogP contribution is 2.20. The van der Waals surface area contributed by atoms with Crippen LogP contribution in [0.3, 0.4) is 0 Å². The standard InChI is InChI=1S/C17H17ClN2O2/c1-11-6-7-14(18)9-16(11)20-17(22)10-19-15-5-3-4-13(8-15)12(2)21/h3-9,19H,10H2,1-2H3,(H,20,22). The summed E-state index contributed by atoms with van der Waals surface area (Å²) in [5.41, 5.74) is 2.97. The molecule has 0 unspecified atom stereocenters. The molecule has 2 aromatic carbocycles. The summed E-state index contributed by atoms with van der Waals surface area (Å²) in [6.45, 7) is 3.51. The van der Waals surface area contributed by atoms with Crippen molar-refractivity contribution in [3.63, 3.8) is 0 Å². The van der Waals surface area contributed by atoms with E-state index in [9.17, 15) is 9.59 Å². The van der Waals surface area contributed by atoms with Crippen LogP contribution in [0.15, 0.2) is 42.5 Å². The van der Waals surface area contributed by atoms with Crippen molar-refractivity contribution < 1.29 is 9.59 Å². The molecule has 2 rings (SSSR count). The van der Waals surface area contributed by atoms with Crippen molar-refractivity contribution in [1.29, 1.82) is 0 Å². The van der Waals surface area contributed by atoms with Crippen LogP contribution >= 0.6 is 11.6 Å². The number of halogens is 1. The van der Waals surface area contributed by atoms with Crippen LogP contribution in [0.5, 0.6) is 0 Å². The normalized spacial score (nSPS) is 10.1. The summed E-state index contributed by atoms with van der Waals surface area (Å²) in [6, 6.07) is 12.4. The Morgan fingerprint density at radius 2 is 1.91 bits per heavy atom. The van der Waals surface area contributed by atoms with E-state index in [0.29, 0.717) is 16.3 Å². The lowest BCUT2D eigenvalue weighted by Gasteiger charge is -2.10. The second-order valence-electron chi connectivity index (χ2n) is 5.00. The number of carbonyl (C=O) groups excluding carboxylic acids is 2. The van der Waals surface area contributed by atoms with Gasteiger partial charge in [0.2, 0.25) is 5.91 Å². The van der Waals surface area contributed by atoms with Crippen LogP contribution in [0, 0.1) is 6.92 Å². The molecule has 0 aromatic heterocycles. The first kappa shape index (κ1) is 16.0. The van der Waals surface area contributed by atoms with Crippen molar-refractivity contribution in [3.05, 3.63) is 58.6 Å². The van der Waals surface area contributed by atoms with E-state index in [4.69, 9.17) is 11.6 Å². The molecule has 2 aromatic rings. The van der Waals surface area contributed by atoms with Gasteiger partial charge in [-0.2, -0.15) is 0 Å². The monoisotopic (exact) mass is 316 g/mol. The first-order valence-electron chi connectivity index (χ1n) is 6.86. The van der Waals surface area contributed by atoms with Crippen molar-refractivity contribution in [3.8, 4) is 0 Å². The topological polar surface area (TPSA) is 58.2 Å². The van der Waals surface area contributed by atoms with Crippen molar-refractivity contribution in [2.24, 2.45) is 0 Å². The molecule has 0 aliphatic carbocycles. The molecule has 0 spiro atoms. The molecule has 0 saturated heterocycles. The molecule has 4 nitrogen and oxygen atoms in total. The smallest absolute Gasteiger partial charge is 0.243 e. The molecule has 0 bridgehead atoms. The Balaban J connectivity index is 1.97. The Morgan fingerprint density at radius 3 is 2.64 bits per heavy atom. The Kier molecular flexibility index (Phi) is 5.17. The first-order valence-corrected chi connectivity index (χ1v) is 7.24. The van der Waals surface area contributed by atoms with E-state index in [2.05, 4.69) is 10.6 Å². The fraction of sp³-hybridized carbons (Fsp3) is 0.176. The molecule has 114 valence electrons. The molecule has 22 heavy (non-hydrogen) atoms. The average Bonchev–Trinajstić information content (AvgIpc) is 2.49. The number of rotatable bonds is 5. The molecule has 0 radical (unpaired) electrons. The maximum Gasteiger partial charge on any atom is 0.243 e. The quantitative estimate of drug-likeness (QED) is 0.822. The first-order chi connectivity index (χ1) is 10.5. The van der Waals surface area contributed by atoms with E-state index in [1.807, 2.05) is 19.1 Å². The van der Waals surface area contributed by atoms with Gasteiger partial charge in [-0.05, 0) is 43.7 Å². The van der Waals surface area contributed by atoms with E-state index in [1.54, 1.807) is 30.3 Å². The van der Waals surface area contributed by atoms with Crippen molar-refractivity contribution in [2.45, 2.75) is 13.8 Å². The maximum absolute atomic E-state index is 12.0. The minimum atomic E-state index is -0.182. The van der Waals surface area contributed by atoms with E-state index in [-0.39, 0.29) is 18.2 Å². The van der Waals surface area contributed by atoms with E-state index in [1.165, 1.54) is 6.92 Å². The highest BCUT2D eigenvalue weighted by molar-refractivity contribution is 6.31. The number of carbonyl (C=O) groups is 2. The zero-order valence-electron chi connectivity index (χ0n) is 12.4. The second kappa shape index (κ2) is 7.09. The minimum Gasteiger partial charge on any atom is -0.376 e. The Labute approximate surface area is 134 Å². The highest BCUT2D eigenvalue weighted by Gasteiger charge is 2.06. The number of hydrogen-bond donors (Lipinski definition) is 2. The molecular formula is C17H17ClN2O2. The van der Waals surface area contributed by atoms with E-state index in [0.717, 1.165) is 11.3 Å². The average molecular weight is 317 g/mol. The lowest BCUT2D eigenvalue weighted by atomic mass is 10.1. The van der Waals surface area contributed by atoms with Gasteiger partial charge in [0, 0.05) is 22.0 Å². The van der Waals surface area contributed by atoms with Gasteiger partial charge in [-0.25, -0.2) is 0 Å². The SMILES string of the molecule is CC(=O)c1cccc(NCC(=O)Nc2cc(Cl)ccc2C)c1. The largest absolute Gasteiger partial charge is 0.376 e. The van der Waals surface area contributed by atoms with Crippen LogP contribution in [0.25, 0.3) is 0 Å². The summed E-state index contributed by atoms with van der Waals surface area (Å²) in [6.07, 6.45) is 0. The van der Waals surface area contributed by atoms with Gasteiger partial charge in [0.1, 0.15) is 0 Å². The molecule has 0 heterocycles. The molecule has 0 fully saturated rings. The zero-order valence-corrected chi connectivity index (χ0v) is 13.2. The molecule has 0 aliphatic rings. The van der Waals surface area contributed by atoms with Crippen LogP contribution in [0.2, 0.25) is 5.02 Å². The minimum absolute atomic E-state index is 0.0114. The van der Waals surface area contributed by atoms with E-state index < -0.39 is 0 Å². The Hall–Kier alpha value is -2.33. The van der Waals surface area contributed by atoms with Crippen LogP contribution in [0.1, 0.15) is 22.8 Å². The van der Waals surface area contributed by atoms with Gasteiger partial charge in [-0.15, -0.1) is 0 Å². The van der Waals surface area contributed by atoms with Crippen LogP contribution in [-0.2, 0) is 4.79 Å². The molecular weight excluding hydrogens is 300 g/mol. The number of nitrogens with one attached hydrogen (secondary N) is 2. The summed E-state index contributed by atoms with van der Waals surface area (Å²) in [5.74, 6) is -0.193. The number of aryl methyl sites for hydroxylation is 1.